The maximum Gasteiger partial charge on any atom is 0.175 e. The zero-order valence-electron chi connectivity index (χ0n) is 15.0. The standard InChI is InChI=1S/C19H23N7/c1-16-4-2-5-17(21-16)8-11-24-12-14-25(15-13-24)18-6-7-19(23-22-18)26-10-3-9-20-26/h2-7,9-10H,8,11-15H2,1H3. The molecule has 0 aliphatic carbocycles. The van der Waals surface area contributed by atoms with Crippen LogP contribution in [0.25, 0.3) is 5.82 Å². The van der Waals surface area contributed by atoms with Gasteiger partial charge in [0.25, 0.3) is 0 Å². The molecule has 0 amide bonds. The van der Waals surface area contributed by atoms with Gasteiger partial charge in [0, 0.05) is 62.9 Å². The van der Waals surface area contributed by atoms with Crippen molar-refractivity contribution in [2.24, 2.45) is 0 Å². The summed E-state index contributed by atoms with van der Waals surface area (Å²) in [4.78, 5) is 9.37. The molecule has 7 nitrogen and oxygen atoms in total. The summed E-state index contributed by atoms with van der Waals surface area (Å²) in [5.41, 5.74) is 2.26. The molecule has 0 radical (unpaired) electrons. The lowest BCUT2D eigenvalue weighted by atomic mass is 10.2. The van der Waals surface area contributed by atoms with E-state index < -0.39 is 0 Å². The highest BCUT2D eigenvalue weighted by Crippen LogP contribution is 2.14. The summed E-state index contributed by atoms with van der Waals surface area (Å²) < 4.78 is 1.72. The van der Waals surface area contributed by atoms with Crippen LogP contribution in [0, 0.1) is 6.92 Å². The van der Waals surface area contributed by atoms with Crippen molar-refractivity contribution in [3.05, 3.63) is 60.2 Å². The highest BCUT2D eigenvalue weighted by molar-refractivity contribution is 5.40. The molecule has 0 aromatic carbocycles. The monoisotopic (exact) mass is 349 g/mol. The van der Waals surface area contributed by atoms with Crippen LogP contribution in [0.1, 0.15) is 11.4 Å². The van der Waals surface area contributed by atoms with E-state index in [0.717, 1.165) is 56.5 Å². The first-order chi connectivity index (χ1) is 12.8. The summed E-state index contributed by atoms with van der Waals surface area (Å²) in [7, 11) is 0. The van der Waals surface area contributed by atoms with Crippen molar-refractivity contribution in [3.8, 4) is 5.82 Å². The van der Waals surface area contributed by atoms with Crippen molar-refractivity contribution < 1.29 is 0 Å². The topological polar surface area (TPSA) is 63.0 Å². The average Bonchev–Trinajstić information content (AvgIpc) is 3.22. The molecule has 1 aliphatic rings. The second-order valence-corrected chi connectivity index (χ2v) is 6.55. The Morgan fingerprint density at radius 3 is 2.42 bits per heavy atom. The summed E-state index contributed by atoms with van der Waals surface area (Å²) in [6, 6.07) is 12.1. The minimum atomic E-state index is 0.739. The van der Waals surface area contributed by atoms with Crippen molar-refractivity contribution in [3.63, 3.8) is 0 Å². The van der Waals surface area contributed by atoms with E-state index in [-0.39, 0.29) is 0 Å². The van der Waals surface area contributed by atoms with E-state index in [0.29, 0.717) is 0 Å². The third-order valence-electron chi connectivity index (χ3n) is 4.70. The molecule has 4 heterocycles. The average molecular weight is 349 g/mol. The largest absolute Gasteiger partial charge is 0.353 e. The van der Waals surface area contributed by atoms with Crippen molar-refractivity contribution in [1.82, 2.24) is 29.9 Å². The smallest absolute Gasteiger partial charge is 0.175 e. The van der Waals surface area contributed by atoms with Crippen LogP contribution in [0.2, 0.25) is 0 Å². The van der Waals surface area contributed by atoms with Crippen LogP contribution in [0.5, 0.6) is 0 Å². The molecule has 7 heteroatoms. The Hall–Kier alpha value is -2.80. The number of aromatic nitrogens is 5. The summed E-state index contributed by atoms with van der Waals surface area (Å²) in [5.74, 6) is 1.67. The molecule has 0 unspecified atom stereocenters. The van der Waals surface area contributed by atoms with Crippen LogP contribution < -0.4 is 4.90 Å². The molecule has 1 aliphatic heterocycles. The van der Waals surface area contributed by atoms with Gasteiger partial charge in [0.15, 0.2) is 11.6 Å². The van der Waals surface area contributed by atoms with Gasteiger partial charge >= 0.3 is 0 Å². The van der Waals surface area contributed by atoms with Gasteiger partial charge in [0.1, 0.15) is 0 Å². The summed E-state index contributed by atoms with van der Waals surface area (Å²) in [5, 5.41) is 12.8. The predicted molar refractivity (Wildman–Crippen MR) is 100 cm³/mol. The van der Waals surface area contributed by atoms with Crippen molar-refractivity contribution >= 4 is 5.82 Å². The molecule has 1 saturated heterocycles. The molecular weight excluding hydrogens is 326 g/mol. The third-order valence-corrected chi connectivity index (χ3v) is 4.70. The lowest BCUT2D eigenvalue weighted by molar-refractivity contribution is 0.259. The van der Waals surface area contributed by atoms with Crippen LogP contribution in [-0.2, 0) is 6.42 Å². The third kappa shape index (κ3) is 3.88. The number of rotatable bonds is 5. The normalized spacial score (nSPS) is 15.3. The minimum absolute atomic E-state index is 0.739. The number of piperazine rings is 1. The van der Waals surface area contributed by atoms with E-state index in [9.17, 15) is 0 Å². The molecule has 4 rings (SSSR count). The fourth-order valence-corrected chi connectivity index (χ4v) is 3.23. The van der Waals surface area contributed by atoms with Crippen molar-refractivity contribution in [2.75, 3.05) is 37.6 Å². The Labute approximate surface area is 153 Å². The molecule has 3 aromatic rings. The predicted octanol–water partition coefficient (Wildman–Crippen LogP) is 1.73. The first-order valence-electron chi connectivity index (χ1n) is 9.01. The van der Waals surface area contributed by atoms with Crippen LogP contribution in [-0.4, -0.2) is 62.6 Å². The second-order valence-electron chi connectivity index (χ2n) is 6.55. The Kier molecular flexibility index (Phi) is 4.88. The lowest BCUT2D eigenvalue weighted by Crippen LogP contribution is -2.47. The Morgan fingerprint density at radius 2 is 1.73 bits per heavy atom. The van der Waals surface area contributed by atoms with Gasteiger partial charge in [0.05, 0.1) is 0 Å². The van der Waals surface area contributed by atoms with E-state index in [1.807, 2.05) is 37.4 Å². The SMILES string of the molecule is Cc1cccc(CCN2CCN(c3ccc(-n4cccn4)nn3)CC2)n1. The van der Waals surface area contributed by atoms with Crippen LogP contribution >= 0.6 is 0 Å². The van der Waals surface area contributed by atoms with E-state index in [1.165, 1.54) is 5.69 Å². The lowest BCUT2D eigenvalue weighted by Gasteiger charge is -2.35. The quantitative estimate of drug-likeness (QED) is 0.699. The highest BCUT2D eigenvalue weighted by Gasteiger charge is 2.18. The van der Waals surface area contributed by atoms with Gasteiger partial charge in [-0.1, -0.05) is 6.07 Å². The molecule has 0 atom stereocenters. The van der Waals surface area contributed by atoms with Gasteiger partial charge in [0.2, 0.25) is 0 Å². The molecule has 26 heavy (non-hydrogen) atoms. The van der Waals surface area contributed by atoms with Gasteiger partial charge in [-0.15, -0.1) is 10.2 Å². The zero-order valence-corrected chi connectivity index (χ0v) is 15.0. The second kappa shape index (κ2) is 7.61. The molecule has 0 saturated carbocycles. The number of hydrogen-bond donors (Lipinski definition) is 0. The van der Waals surface area contributed by atoms with Gasteiger partial charge in [-0.3, -0.25) is 9.88 Å². The number of aryl methyl sites for hydroxylation is 1. The Morgan fingerprint density at radius 1 is 0.923 bits per heavy atom. The van der Waals surface area contributed by atoms with E-state index in [4.69, 9.17) is 0 Å². The summed E-state index contributed by atoms with van der Waals surface area (Å²) in [6.07, 6.45) is 4.60. The Bertz CT molecular complexity index is 821. The number of anilines is 1. The van der Waals surface area contributed by atoms with Crippen LogP contribution in [0.15, 0.2) is 48.8 Å². The maximum atomic E-state index is 4.59. The maximum absolute atomic E-state index is 4.59. The molecular formula is C19H23N7. The molecule has 3 aromatic heterocycles. The molecule has 0 bridgehead atoms. The summed E-state index contributed by atoms with van der Waals surface area (Å²) >= 11 is 0. The molecule has 0 spiro atoms. The van der Waals surface area contributed by atoms with E-state index >= 15 is 0 Å². The van der Waals surface area contributed by atoms with Crippen LogP contribution in [0.4, 0.5) is 5.82 Å². The van der Waals surface area contributed by atoms with Gasteiger partial charge < -0.3 is 4.90 Å². The summed E-state index contributed by atoms with van der Waals surface area (Å²) in [6.45, 7) is 7.10. The first kappa shape index (κ1) is 16.7. The first-order valence-corrected chi connectivity index (χ1v) is 9.01. The van der Waals surface area contributed by atoms with Gasteiger partial charge in [-0.25, -0.2) is 4.68 Å². The van der Waals surface area contributed by atoms with Crippen LogP contribution in [0.3, 0.4) is 0 Å². The Balaban J connectivity index is 1.29. The number of hydrogen-bond acceptors (Lipinski definition) is 6. The molecule has 1 fully saturated rings. The molecule has 0 N–H and O–H groups in total. The fraction of sp³-hybridized carbons (Fsp3) is 0.368. The number of pyridine rings is 1. The van der Waals surface area contributed by atoms with Gasteiger partial charge in [-0.2, -0.15) is 5.10 Å². The number of nitrogens with zero attached hydrogens (tertiary/aromatic N) is 7. The van der Waals surface area contributed by atoms with E-state index in [2.05, 4.69) is 42.2 Å². The van der Waals surface area contributed by atoms with Crippen molar-refractivity contribution in [2.45, 2.75) is 13.3 Å². The van der Waals surface area contributed by atoms with E-state index in [1.54, 1.807) is 10.9 Å². The minimum Gasteiger partial charge on any atom is -0.353 e. The zero-order chi connectivity index (χ0) is 17.8. The van der Waals surface area contributed by atoms with Crippen molar-refractivity contribution in [1.29, 1.82) is 0 Å². The highest BCUT2D eigenvalue weighted by atomic mass is 15.4. The fourth-order valence-electron chi connectivity index (χ4n) is 3.23. The molecule has 134 valence electrons. The van der Waals surface area contributed by atoms with Gasteiger partial charge in [-0.05, 0) is 37.3 Å².